The molecule has 0 nitrogen and oxygen atoms in total. The number of hydrogen-bond donors (Lipinski definition) is 0. The van der Waals surface area contributed by atoms with Gasteiger partial charge < -0.3 is 0 Å². The van der Waals surface area contributed by atoms with Crippen molar-refractivity contribution in [2.24, 2.45) is 0 Å². The third-order valence-corrected chi connectivity index (χ3v) is 13.2. The van der Waals surface area contributed by atoms with E-state index in [0.717, 1.165) is 0 Å². The first-order chi connectivity index (χ1) is 15.8. The summed E-state index contributed by atoms with van der Waals surface area (Å²) in [6.45, 7) is 0. The van der Waals surface area contributed by atoms with E-state index in [9.17, 15) is 0 Å². The van der Waals surface area contributed by atoms with Crippen LogP contribution in [0.4, 0.5) is 0 Å². The molecule has 32 heavy (non-hydrogen) atoms. The van der Waals surface area contributed by atoms with Gasteiger partial charge in [0.15, 0.2) is 0 Å². The molecule has 0 atom stereocenters. The van der Waals surface area contributed by atoms with Crippen LogP contribution in [0.1, 0.15) is 0 Å². The van der Waals surface area contributed by atoms with Gasteiger partial charge in [0.05, 0.1) is 0 Å². The summed E-state index contributed by atoms with van der Waals surface area (Å²) in [6, 6.07) is 51.0. The molecule has 0 aliphatic carbocycles. The molecule has 0 aliphatic rings. The smallest absolute Gasteiger partial charge is 0.0771 e. The minimum Gasteiger partial charge on any atom is -0.214 e. The third kappa shape index (κ3) is 5.91. The Morgan fingerprint density at radius 2 is 0.875 bits per heavy atom. The largest absolute Gasteiger partial charge is 0.214 e. The molecule has 0 heterocycles. The second-order valence-electron chi connectivity index (χ2n) is 7.39. The number of rotatable bonds is 2. The quantitative estimate of drug-likeness (QED) is 0.160. The molecule has 0 aliphatic heterocycles. The normalized spacial score (nSPS) is 10.1. The van der Waals surface area contributed by atoms with Gasteiger partial charge in [-0.3, -0.25) is 0 Å². The van der Waals surface area contributed by atoms with Crippen molar-refractivity contribution in [2.45, 2.75) is 0 Å². The Morgan fingerprint density at radius 1 is 0.469 bits per heavy atom. The van der Waals surface area contributed by atoms with Gasteiger partial charge in [0, 0.05) is 0 Å². The van der Waals surface area contributed by atoms with Crippen molar-refractivity contribution < 1.29 is 23.0 Å². The topological polar surface area (TPSA) is 0 Å². The van der Waals surface area contributed by atoms with Gasteiger partial charge in [-0.25, -0.2) is 12.1 Å². The van der Waals surface area contributed by atoms with Crippen LogP contribution in [-0.4, -0.2) is 5.49 Å². The molecule has 0 aromatic heterocycles. The molecule has 0 bridgehead atoms. The minimum atomic E-state index is -0.406. The Bertz CT molecular complexity index is 1260. The zero-order valence-electron chi connectivity index (χ0n) is 17.9. The van der Waals surface area contributed by atoms with E-state index < -0.39 is 5.49 Å². The summed E-state index contributed by atoms with van der Waals surface area (Å²) in [7, 11) is 0. The molecule has 6 rings (SSSR count). The van der Waals surface area contributed by atoms with E-state index in [0.29, 0.717) is 0 Å². The van der Waals surface area contributed by atoms with E-state index >= 15 is 0 Å². The predicted molar refractivity (Wildman–Crippen MR) is 137 cm³/mol. The maximum absolute atomic E-state index is 2.26. The van der Waals surface area contributed by atoms with Gasteiger partial charge in [0.1, 0.15) is 0 Å². The maximum Gasteiger partial charge on any atom is -0.0771 e. The van der Waals surface area contributed by atoms with E-state index in [-0.39, 0.29) is 0 Å². The standard InChI is InChI=1S/C13H9.C12H10Si.C5H5.Hf/c1-3-7-12-10(5-1)9-11-6-2-4-8-13(11)12;1-3-7-11(8-4-1)13-12-9-5-2-6-10-12;1-2-4-5-3-1;/h1-9H;1-10H;1-5H;/q-1;;-1;+2. The first-order valence-electron chi connectivity index (χ1n) is 10.7. The summed E-state index contributed by atoms with van der Waals surface area (Å²) in [6.07, 6.45) is 0. The summed E-state index contributed by atoms with van der Waals surface area (Å²) in [5, 5.41) is 8.47. The SMILES string of the molecule is [Hf+2]=[Si](c1ccccc1)c1ccccc1.c1cc[cH-]c1.c1ccc2c(c1)[cH-]c1ccccc12. The average molecular weight is 591 g/mol. The van der Waals surface area contributed by atoms with E-state index in [1.54, 1.807) is 0 Å². The van der Waals surface area contributed by atoms with Crippen molar-refractivity contribution in [1.82, 2.24) is 0 Å². The van der Waals surface area contributed by atoms with Crippen LogP contribution >= 0.6 is 0 Å². The Hall–Kier alpha value is -2.81. The van der Waals surface area contributed by atoms with Gasteiger partial charge >= 0.3 is 99.5 Å². The predicted octanol–water partition coefficient (Wildman–Crippen LogP) is 6.46. The first kappa shape index (κ1) is 22.4. The number of hydrogen-bond acceptors (Lipinski definition) is 0. The van der Waals surface area contributed by atoms with Gasteiger partial charge in [0.2, 0.25) is 0 Å². The fourth-order valence-corrected chi connectivity index (χ4v) is 8.58. The molecule has 152 valence electrons. The van der Waals surface area contributed by atoms with Gasteiger partial charge in [-0.15, -0.1) is 39.7 Å². The van der Waals surface area contributed by atoms with E-state index in [2.05, 4.69) is 115 Å². The van der Waals surface area contributed by atoms with Crippen LogP contribution in [-0.2, 0) is 23.0 Å². The summed E-state index contributed by atoms with van der Waals surface area (Å²) in [4.78, 5) is 0. The van der Waals surface area contributed by atoms with Crippen LogP contribution in [0.3, 0.4) is 0 Å². The molecular weight excluding hydrogens is 567 g/mol. The fraction of sp³-hybridized carbons (Fsp3) is 0. The number of fused-ring (bicyclic) bond motifs is 3. The monoisotopic (exact) mass is 592 g/mol. The summed E-state index contributed by atoms with van der Waals surface area (Å²) >= 11 is 1.27. The van der Waals surface area contributed by atoms with Crippen molar-refractivity contribution in [3.05, 3.63) is 146 Å². The third-order valence-electron chi connectivity index (χ3n) is 5.20. The second kappa shape index (κ2) is 11.7. The number of benzene rings is 4. The molecule has 0 amide bonds. The molecule has 0 saturated carbocycles. The van der Waals surface area contributed by atoms with Crippen LogP contribution in [0.2, 0.25) is 0 Å². The zero-order chi connectivity index (χ0) is 22.0. The van der Waals surface area contributed by atoms with Crippen molar-refractivity contribution in [3.8, 4) is 0 Å². The molecule has 0 unspecified atom stereocenters. The summed E-state index contributed by atoms with van der Waals surface area (Å²) in [5.74, 6) is 0. The van der Waals surface area contributed by atoms with Crippen LogP contribution < -0.4 is 10.4 Å². The van der Waals surface area contributed by atoms with Crippen molar-refractivity contribution >= 4 is 37.4 Å². The fourth-order valence-electron chi connectivity index (χ4n) is 3.60. The van der Waals surface area contributed by atoms with Gasteiger partial charge in [-0.2, -0.15) is 18.2 Å². The van der Waals surface area contributed by atoms with E-state index in [1.807, 2.05) is 30.3 Å². The van der Waals surface area contributed by atoms with Crippen LogP contribution in [0.25, 0.3) is 21.5 Å². The van der Waals surface area contributed by atoms with Crippen LogP contribution in [0.5, 0.6) is 0 Å². The average Bonchev–Trinajstić information content (AvgIpc) is 3.57. The maximum atomic E-state index is 2.26. The van der Waals surface area contributed by atoms with E-state index in [4.69, 9.17) is 0 Å². The second-order valence-corrected chi connectivity index (χ2v) is 14.7. The molecule has 0 fully saturated rings. The Labute approximate surface area is 205 Å². The zero-order valence-corrected chi connectivity index (χ0v) is 22.4. The molecular formula is C30H24HfSi. The summed E-state index contributed by atoms with van der Waals surface area (Å²) < 4.78 is 0. The van der Waals surface area contributed by atoms with Crippen LogP contribution in [0.15, 0.2) is 146 Å². The van der Waals surface area contributed by atoms with Gasteiger partial charge in [-0.1, -0.05) is 36.4 Å². The summed E-state index contributed by atoms with van der Waals surface area (Å²) in [5.41, 5.74) is -0.406. The van der Waals surface area contributed by atoms with E-state index in [1.165, 1.54) is 54.9 Å². The molecule has 0 saturated heterocycles. The first-order valence-corrected chi connectivity index (χ1v) is 17.6. The molecule has 2 heteroatoms. The Kier molecular flexibility index (Phi) is 8.19. The van der Waals surface area contributed by atoms with Crippen molar-refractivity contribution in [3.63, 3.8) is 0 Å². The van der Waals surface area contributed by atoms with Crippen molar-refractivity contribution in [1.29, 1.82) is 0 Å². The molecule has 0 radical (unpaired) electrons. The molecule has 0 spiro atoms. The van der Waals surface area contributed by atoms with Crippen molar-refractivity contribution in [2.75, 3.05) is 0 Å². The minimum absolute atomic E-state index is 0.406. The Morgan fingerprint density at radius 3 is 1.28 bits per heavy atom. The van der Waals surface area contributed by atoms with Crippen LogP contribution in [0, 0.1) is 0 Å². The van der Waals surface area contributed by atoms with Gasteiger partial charge in [0.25, 0.3) is 0 Å². The van der Waals surface area contributed by atoms with Gasteiger partial charge in [-0.05, 0) is 0 Å². The Balaban J connectivity index is 0.000000127. The molecule has 6 aromatic carbocycles. The molecule has 6 aromatic rings. The molecule has 0 N–H and O–H groups in total.